The molecule has 2 rings (SSSR count). The number of sulfonamides is 1. The lowest BCUT2D eigenvalue weighted by Gasteiger charge is -2.25. The van der Waals surface area contributed by atoms with E-state index in [-0.39, 0.29) is 11.3 Å². The van der Waals surface area contributed by atoms with Crippen molar-refractivity contribution in [3.05, 3.63) is 72.3 Å². The summed E-state index contributed by atoms with van der Waals surface area (Å²) < 4.78 is 39.5. The van der Waals surface area contributed by atoms with Crippen LogP contribution in [0, 0.1) is 0 Å². The highest BCUT2D eigenvalue weighted by Gasteiger charge is 2.26. The number of carbonyl (C=O) groups excluding carboxylic acids is 1. The summed E-state index contributed by atoms with van der Waals surface area (Å²) in [5.74, 6) is 0.545. The summed E-state index contributed by atoms with van der Waals surface area (Å²) >= 11 is 0. The van der Waals surface area contributed by atoms with Gasteiger partial charge in [0.2, 0.25) is 10.0 Å². The van der Waals surface area contributed by atoms with E-state index >= 15 is 0 Å². The van der Waals surface area contributed by atoms with Gasteiger partial charge in [-0.3, -0.25) is 0 Å². The van der Waals surface area contributed by atoms with E-state index in [0.29, 0.717) is 16.9 Å². The van der Waals surface area contributed by atoms with E-state index in [1.165, 1.54) is 24.1 Å². The maximum Gasteiger partial charge on any atom is 0.409 e. The van der Waals surface area contributed by atoms with Gasteiger partial charge in [0.05, 0.1) is 18.0 Å². The van der Waals surface area contributed by atoms with Crippen molar-refractivity contribution in [3.63, 3.8) is 0 Å². The van der Waals surface area contributed by atoms with E-state index in [1.54, 1.807) is 63.5 Å². The average Bonchev–Trinajstić information content (AvgIpc) is 2.73. The van der Waals surface area contributed by atoms with Crippen molar-refractivity contribution in [2.45, 2.75) is 30.4 Å². The molecule has 8 heteroatoms. The maximum atomic E-state index is 13.0. The molecule has 1 N–H and O–H groups in total. The standard InChI is InChI=1S/C22H28N2O5S/c1-16(17(2)29-22(25)24(3)4)15-20(19-13-9-10-14-21(19)28-5)23-30(26,27)18-11-7-6-8-12-18/h6-14,17,20,23H,1,15H2,2-5H3/t17-,20+/m1/s1. The van der Waals surface area contributed by atoms with E-state index < -0.39 is 28.3 Å². The van der Waals surface area contributed by atoms with Crippen molar-refractivity contribution in [1.82, 2.24) is 9.62 Å². The summed E-state index contributed by atoms with van der Waals surface area (Å²) in [6.07, 6.45) is -0.880. The van der Waals surface area contributed by atoms with Crippen LogP contribution in [0.4, 0.5) is 4.79 Å². The summed E-state index contributed by atoms with van der Waals surface area (Å²) in [6.45, 7) is 5.72. The number of ether oxygens (including phenoxy) is 2. The fraction of sp³-hybridized carbons (Fsp3) is 0.318. The van der Waals surface area contributed by atoms with Crippen molar-refractivity contribution in [2.75, 3.05) is 21.2 Å². The molecule has 0 spiro atoms. The lowest BCUT2D eigenvalue weighted by atomic mass is 9.97. The Morgan fingerprint density at radius 2 is 1.70 bits per heavy atom. The van der Waals surface area contributed by atoms with Gasteiger partial charge in [0.1, 0.15) is 11.9 Å². The van der Waals surface area contributed by atoms with Gasteiger partial charge in [-0.05, 0) is 37.1 Å². The SMILES string of the molecule is C=C(C[C@H](NS(=O)(=O)c1ccccc1)c1ccccc1OC)[C@@H](C)OC(=O)N(C)C. The van der Waals surface area contributed by atoms with Crippen molar-refractivity contribution in [3.8, 4) is 5.75 Å². The van der Waals surface area contributed by atoms with Crippen LogP contribution in [0.3, 0.4) is 0 Å². The zero-order chi connectivity index (χ0) is 22.3. The number of nitrogens with zero attached hydrogens (tertiary/aromatic N) is 1. The second-order valence-electron chi connectivity index (χ2n) is 7.01. The molecule has 0 aliphatic rings. The number of carbonyl (C=O) groups is 1. The third kappa shape index (κ3) is 6.08. The van der Waals surface area contributed by atoms with E-state index in [9.17, 15) is 13.2 Å². The molecule has 0 saturated heterocycles. The summed E-state index contributed by atoms with van der Waals surface area (Å²) in [4.78, 5) is 13.3. The van der Waals surface area contributed by atoms with Crippen LogP contribution in [0.15, 0.2) is 71.6 Å². The minimum atomic E-state index is -3.80. The van der Waals surface area contributed by atoms with Gasteiger partial charge in [-0.2, -0.15) is 0 Å². The molecule has 2 aromatic rings. The minimum Gasteiger partial charge on any atom is -0.496 e. The van der Waals surface area contributed by atoms with Gasteiger partial charge in [0.15, 0.2) is 0 Å². The van der Waals surface area contributed by atoms with E-state index in [0.717, 1.165) is 0 Å². The smallest absolute Gasteiger partial charge is 0.409 e. The van der Waals surface area contributed by atoms with Crippen LogP contribution in [-0.2, 0) is 14.8 Å². The summed E-state index contributed by atoms with van der Waals surface area (Å²) in [5, 5.41) is 0. The summed E-state index contributed by atoms with van der Waals surface area (Å²) in [5.41, 5.74) is 1.23. The van der Waals surface area contributed by atoms with Gasteiger partial charge in [-0.25, -0.2) is 17.9 Å². The Bertz CT molecular complexity index is 974. The number of rotatable bonds is 9. The molecule has 0 radical (unpaired) electrons. The van der Waals surface area contributed by atoms with Gasteiger partial charge in [-0.15, -0.1) is 0 Å². The molecule has 30 heavy (non-hydrogen) atoms. The zero-order valence-corrected chi connectivity index (χ0v) is 18.5. The van der Waals surface area contributed by atoms with Crippen molar-refractivity contribution in [2.24, 2.45) is 0 Å². The molecule has 2 atom stereocenters. The molecule has 0 aromatic heterocycles. The van der Waals surface area contributed by atoms with Crippen LogP contribution in [0.2, 0.25) is 0 Å². The predicted molar refractivity (Wildman–Crippen MR) is 116 cm³/mol. The van der Waals surface area contributed by atoms with Crippen LogP contribution in [0.1, 0.15) is 24.9 Å². The largest absolute Gasteiger partial charge is 0.496 e. The first-order valence-corrected chi connectivity index (χ1v) is 10.9. The lowest BCUT2D eigenvalue weighted by Crippen LogP contribution is -2.31. The number of para-hydroxylation sites is 1. The van der Waals surface area contributed by atoms with Gasteiger partial charge in [0.25, 0.3) is 0 Å². The number of hydrogen-bond acceptors (Lipinski definition) is 5. The molecule has 0 bridgehead atoms. The Kier molecular flexibility index (Phi) is 8.02. The van der Waals surface area contributed by atoms with Gasteiger partial charge < -0.3 is 14.4 Å². The van der Waals surface area contributed by atoms with E-state index in [2.05, 4.69) is 11.3 Å². The lowest BCUT2D eigenvalue weighted by molar-refractivity contribution is 0.0948. The second kappa shape index (κ2) is 10.3. The number of amides is 1. The molecule has 0 aliphatic heterocycles. The van der Waals surface area contributed by atoms with Gasteiger partial charge >= 0.3 is 6.09 Å². The highest BCUT2D eigenvalue weighted by molar-refractivity contribution is 7.89. The first-order valence-electron chi connectivity index (χ1n) is 9.41. The Labute approximate surface area is 178 Å². The summed E-state index contributed by atoms with van der Waals surface area (Å²) in [7, 11) is 0.896. The molecule has 0 aliphatic carbocycles. The normalized spacial score (nSPS) is 13.2. The highest BCUT2D eigenvalue weighted by atomic mass is 32.2. The zero-order valence-electron chi connectivity index (χ0n) is 17.7. The predicted octanol–water partition coefficient (Wildman–Crippen LogP) is 3.75. The third-order valence-electron chi connectivity index (χ3n) is 4.55. The van der Waals surface area contributed by atoms with Crippen LogP contribution >= 0.6 is 0 Å². The molecule has 0 heterocycles. The molecule has 162 valence electrons. The van der Waals surface area contributed by atoms with Crippen LogP contribution in [-0.4, -0.2) is 46.7 Å². The number of hydrogen-bond donors (Lipinski definition) is 1. The van der Waals surface area contributed by atoms with Crippen molar-refractivity contribution < 1.29 is 22.7 Å². The minimum absolute atomic E-state index is 0.155. The van der Waals surface area contributed by atoms with E-state index in [1.807, 2.05) is 0 Å². The number of benzene rings is 2. The maximum absolute atomic E-state index is 13.0. The van der Waals surface area contributed by atoms with Crippen LogP contribution in [0.5, 0.6) is 5.75 Å². The molecular weight excluding hydrogens is 404 g/mol. The Hall–Kier alpha value is -2.84. The van der Waals surface area contributed by atoms with Crippen LogP contribution < -0.4 is 9.46 Å². The fourth-order valence-electron chi connectivity index (χ4n) is 2.79. The molecule has 7 nitrogen and oxygen atoms in total. The van der Waals surface area contributed by atoms with Crippen LogP contribution in [0.25, 0.3) is 0 Å². The third-order valence-corrected chi connectivity index (χ3v) is 6.04. The van der Waals surface area contributed by atoms with Crippen molar-refractivity contribution >= 4 is 16.1 Å². The molecule has 0 fully saturated rings. The molecule has 1 amide bonds. The molecule has 0 unspecified atom stereocenters. The number of methoxy groups -OCH3 is 1. The molecule has 0 saturated carbocycles. The van der Waals surface area contributed by atoms with E-state index in [4.69, 9.17) is 9.47 Å². The quantitative estimate of drug-likeness (QED) is 0.610. The first-order chi connectivity index (χ1) is 14.2. The first kappa shape index (κ1) is 23.4. The average molecular weight is 433 g/mol. The topological polar surface area (TPSA) is 84.9 Å². The van der Waals surface area contributed by atoms with Crippen molar-refractivity contribution in [1.29, 1.82) is 0 Å². The Morgan fingerprint density at radius 1 is 1.10 bits per heavy atom. The monoisotopic (exact) mass is 432 g/mol. The van der Waals surface area contributed by atoms with Gasteiger partial charge in [-0.1, -0.05) is 43.0 Å². The summed E-state index contributed by atoms with van der Waals surface area (Å²) in [6, 6.07) is 14.6. The molecule has 2 aromatic carbocycles. The molecular formula is C22H28N2O5S. The highest BCUT2D eigenvalue weighted by Crippen LogP contribution is 2.31. The number of nitrogens with one attached hydrogen (secondary N) is 1. The Morgan fingerprint density at radius 3 is 2.30 bits per heavy atom. The Balaban J connectivity index is 2.33. The van der Waals surface area contributed by atoms with Gasteiger partial charge in [0, 0.05) is 19.7 Å². The second-order valence-corrected chi connectivity index (χ2v) is 8.73. The fourth-order valence-corrected chi connectivity index (χ4v) is 4.03.